The van der Waals surface area contributed by atoms with Crippen LogP contribution in [0.4, 0.5) is 0 Å². The molecule has 0 spiro atoms. The third kappa shape index (κ3) is 2.92. The zero-order valence-electron chi connectivity index (χ0n) is 13.9. The van der Waals surface area contributed by atoms with Gasteiger partial charge in [0.1, 0.15) is 5.76 Å². The van der Waals surface area contributed by atoms with Crippen molar-refractivity contribution < 1.29 is 4.42 Å². The van der Waals surface area contributed by atoms with Gasteiger partial charge in [-0.2, -0.15) is 0 Å². The highest BCUT2D eigenvalue weighted by Gasteiger charge is 2.20. The molecule has 0 radical (unpaired) electrons. The quantitative estimate of drug-likeness (QED) is 0.739. The number of pyridine rings is 1. The molecule has 0 saturated heterocycles. The maximum atomic E-state index is 5.52. The molecule has 0 aliphatic carbocycles. The fourth-order valence-electron chi connectivity index (χ4n) is 3.07. The molecule has 0 amide bonds. The first-order valence-electron chi connectivity index (χ1n) is 8.09. The Balaban J connectivity index is 1.53. The molecule has 122 valence electrons. The molecule has 0 fully saturated rings. The van der Waals surface area contributed by atoms with E-state index in [0.717, 1.165) is 60.5 Å². The van der Waals surface area contributed by atoms with Crippen LogP contribution in [0.5, 0.6) is 0 Å². The average Bonchev–Trinajstić information content (AvgIpc) is 2.92. The van der Waals surface area contributed by atoms with Gasteiger partial charge in [0.25, 0.3) is 0 Å². The lowest BCUT2D eigenvalue weighted by molar-refractivity contribution is 0.239. The summed E-state index contributed by atoms with van der Waals surface area (Å²) in [7, 11) is 0. The van der Waals surface area contributed by atoms with Gasteiger partial charge in [-0.3, -0.25) is 9.88 Å². The van der Waals surface area contributed by atoms with Gasteiger partial charge >= 0.3 is 0 Å². The summed E-state index contributed by atoms with van der Waals surface area (Å²) in [5.41, 5.74) is 4.29. The Labute approximate surface area is 140 Å². The molecule has 1 aliphatic heterocycles. The number of hydrogen-bond acceptors (Lipinski definition) is 6. The number of nitrogens with zero attached hydrogens (tertiary/aromatic N) is 5. The number of oxazole rings is 1. The van der Waals surface area contributed by atoms with Crippen LogP contribution in [-0.4, -0.2) is 31.4 Å². The molecule has 0 N–H and O–H groups in total. The molecule has 6 heteroatoms. The minimum atomic E-state index is 0.726. The molecule has 1 aliphatic rings. The van der Waals surface area contributed by atoms with E-state index in [9.17, 15) is 0 Å². The van der Waals surface area contributed by atoms with Crippen LogP contribution in [0.2, 0.25) is 0 Å². The smallest absolute Gasteiger partial charge is 0.191 e. The Bertz CT molecular complexity index is 859. The predicted molar refractivity (Wildman–Crippen MR) is 89.1 cm³/mol. The van der Waals surface area contributed by atoms with Crippen LogP contribution in [0, 0.1) is 13.8 Å². The fourth-order valence-corrected chi connectivity index (χ4v) is 3.07. The topological polar surface area (TPSA) is 67.9 Å². The summed E-state index contributed by atoms with van der Waals surface area (Å²) in [5, 5.41) is 0. The molecule has 0 aromatic carbocycles. The van der Waals surface area contributed by atoms with Gasteiger partial charge in [0.2, 0.25) is 0 Å². The van der Waals surface area contributed by atoms with Crippen LogP contribution in [0.3, 0.4) is 0 Å². The van der Waals surface area contributed by atoms with Gasteiger partial charge in [0, 0.05) is 62.7 Å². The molecule has 4 heterocycles. The van der Waals surface area contributed by atoms with Crippen molar-refractivity contribution in [2.75, 3.05) is 6.54 Å². The molecule has 0 saturated carbocycles. The standard InChI is InChI=1S/C18H19N5O/c1-12-17(21-13(2)24-12)11-23-7-5-16-15(10-23)9-20-18(22-16)14-4-3-6-19-8-14/h3-4,6,8-9H,5,7,10-11H2,1-2H3. The van der Waals surface area contributed by atoms with E-state index in [1.54, 1.807) is 12.4 Å². The van der Waals surface area contributed by atoms with Crippen LogP contribution >= 0.6 is 0 Å². The second-order valence-corrected chi connectivity index (χ2v) is 6.10. The molecule has 0 bridgehead atoms. The number of fused-ring (bicyclic) bond motifs is 1. The highest BCUT2D eigenvalue weighted by molar-refractivity contribution is 5.53. The Morgan fingerprint density at radius 1 is 1.21 bits per heavy atom. The van der Waals surface area contributed by atoms with Gasteiger partial charge < -0.3 is 4.42 Å². The Morgan fingerprint density at radius 3 is 2.88 bits per heavy atom. The van der Waals surface area contributed by atoms with Crippen LogP contribution in [0.1, 0.15) is 28.6 Å². The second kappa shape index (κ2) is 6.13. The van der Waals surface area contributed by atoms with E-state index in [-0.39, 0.29) is 0 Å². The molecule has 0 atom stereocenters. The maximum Gasteiger partial charge on any atom is 0.191 e. The van der Waals surface area contributed by atoms with E-state index in [0.29, 0.717) is 0 Å². The molecule has 6 nitrogen and oxygen atoms in total. The fraction of sp³-hybridized carbons (Fsp3) is 0.333. The summed E-state index contributed by atoms with van der Waals surface area (Å²) in [6.07, 6.45) is 6.42. The number of aryl methyl sites for hydroxylation is 2. The van der Waals surface area contributed by atoms with Crippen LogP contribution in [0.15, 0.2) is 35.1 Å². The van der Waals surface area contributed by atoms with Crippen LogP contribution in [-0.2, 0) is 19.5 Å². The maximum absolute atomic E-state index is 5.52. The van der Waals surface area contributed by atoms with Crippen molar-refractivity contribution in [3.8, 4) is 11.4 Å². The Morgan fingerprint density at radius 2 is 2.12 bits per heavy atom. The van der Waals surface area contributed by atoms with E-state index in [1.807, 2.05) is 32.2 Å². The molecule has 3 aromatic heterocycles. The van der Waals surface area contributed by atoms with Crippen molar-refractivity contribution in [1.82, 2.24) is 24.8 Å². The summed E-state index contributed by atoms with van der Waals surface area (Å²) >= 11 is 0. The molecule has 0 unspecified atom stereocenters. The van der Waals surface area contributed by atoms with Crippen molar-refractivity contribution in [2.24, 2.45) is 0 Å². The van der Waals surface area contributed by atoms with E-state index < -0.39 is 0 Å². The van der Waals surface area contributed by atoms with Crippen molar-refractivity contribution in [3.05, 3.63) is 59.3 Å². The predicted octanol–water partition coefficient (Wildman–Crippen LogP) is 2.70. The molecule has 4 rings (SSSR count). The van der Waals surface area contributed by atoms with Gasteiger partial charge in [-0.15, -0.1) is 0 Å². The summed E-state index contributed by atoms with van der Waals surface area (Å²) < 4.78 is 5.52. The monoisotopic (exact) mass is 321 g/mol. The minimum absolute atomic E-state index is 0.726. The van der Waals surface area contributed by atoms with Gasteiger partial charge in [0.15, 0.2) is 11.7 Å². The third-order valence-corrected chi connectivity index (χ3v) is 4.31. The Hall–Kier alpha value is -2.60. The SMILES string of the molecule is Cc1nc(CN2CCc3nc(-c4cccnc4)ncc3C2)c(C)o1. The normalized spacial score (nSPS) is 14.6. The number of hydrogen-bond donors (Lipinski definition) is 0. The van der Waals surface area contributed by atoms with Gasteiger partial charge in [-0.25, -0.2) is 15.0 Å². The van der Waals surface area contributed by atoms with Gasteiger partial charge in [-0.1, -0.05) is 0 Å². The third-order valence-electron chi connectivity index (χ3n) is 4.31. The summed E-state index contributed by atoms with van der Waals surface area (Å²) in [6.45, 7) is 6.45. The summed E-state index contributed by atoms with van der Waals surface area (Å²) in [4.78, 5) is 20.2. The van der Waals surface area contributed by atoms with Gasteiger partial charge in [-0.05, 0) is 19.1 Å². The molecule has 3 aromatic rings. The highest BCUT2D eigenvalue weighted by atomic mass is 16.4. The van der Waals surface area contributed by atoms with Crippen LogP contribution in [0.25, 0.3) is 11.4 Å². The number of aromatic nitrogens is 4. The summed E-state index contributed by atoms with van der Waals surface area (Å²) in [5.74, 6) is 2.38. The molecular formula is C18H19N5O. The van der Waals surface area contributed by atoms with Crippen molar-refractivity contribution in [2.45, 2.75) is 33.4 Å². The Kier molecular flexibility index (Phi) is 3.82. The lowest BCUT2D eigenvalue weighted by atomic mass is 10.1. The zero-order valence-corrected chi connectivity index (χ0v) is 13.9. The average molecular weight is 321 g/mol. The van der Waals surface area contributed by atoms with Gasteiger partial charge in [0.05, 0.1) is 11.4 Å². The minimum Gasteiger partial charge on any atom is -0.446 e. The largest absolute Gasteiger partial charge is 0.446 e. The zero-order chi connectivity index (χ0) is 16.5. The van der Waals surface area contributed by atoms with Crippen LogP contribution < -0.4 is 0 Å². The van der Waals surface area contributed by atoms with Crippen molar-refractivity contribution in [1.29, 1.82) is 0 Å². The van der Waals surface area contributed by atoms with E-state index in [2.05, 4.69) is 19.9 Å². The van der Waals surface area contributed by atoms with E-state index in [1.165, 1.54) is 5.56 Å². The summed E-state index contributed by atoms with van der Waals surface area (Å²) in [6, 6.07) is 3.89. The molecular weight excluding hydrogens is 302 g/mol. The second-order valence-electron chi connectivity index (χ2n) is 6.10. The van der Waals surface area contributed by atoms with Crippen molar-refractivity contribution >= 4 is 0 Å². The first-order chi connectivity index (χ1) is 11.7. The first kappa shape index (κ1) is 15.0. The molecule has 24 heavy (non-hydrogen) atoms. The van der Waals surface area contributed by atoms with E-state index in [4.69, 9.17) is 9.40 Å². The van der Waals surface area contributed by atoms with Crippen molar-refractivity contribution in [3.63, 3.8) is 0 Å². The lowest BCUT2D eigenvalue weighted by Gasteiger charge is -2.27. The lowest BCUT2D eigenvalue weighted by Crippen LogP contribution is -2.31. The van der Waals surface area contributed by atoms with E-state index >= 15 is 0 Å². The first-order valence-corrected chi connectivity index (χ1v) is 8.09. The highest BCUT2D eigenvalue weighted by Crippen LogP contribution is 2.22. The number of rotatable bonds is 3.